The molecule has 2 N–H and O–H groups in total. The summed E-state index contributed by atoms with van der Waals surface area (Å²) < 4.78 is 54.5. The van der Waals surface area contributed by atoms with Crippen LogP contribution in [-0.2, 0) is 5.66 Å². The molecule has 5 nitrogen and oxygen atoms in total. The number of fused-ring (bicyclic) bond motifs is 1. The normalized spacial score (nSPS) is 15.9. The Balaban J connectivity index is 0.000000355. The van der Waals surface area contributed by atoms with Crippen molar-refractivity contribution in [1.82, 2.24) is 9.97 Å². The second-order valence-corrected chi connectivity index (χ2v) is 6.93. The smallest absolute Gasteiger partial charge is 0.340 e. The Bertz CT molecular complexity index is 742. The third-order valence-corrected chi connectivity index (χ3v) is 4.43. The molecule has 0 radical (unpaired) electrons. The summed E-state index contributed by atoms with van der Waals surface area (Å²) in [7, 11) is -2.08. The highest BCUT2D eigenvalue weighted by molar-refractivity contribution is 9.10. The predicted octanol–water partition coefficient (Wildman–Crippen LogP) is 4.16. The SMILES string of the molecule is COc1ncc2cc(Br)c(C(F)(F)P(O)O)cc2n1.FC1(F)CC1. The topological polar surface area (TPSA) is 75.5 Å². The van der Waals surface area contributed by atoms with Crippen molar-refractivity contribution in [2.75, 3.05) is 7.11 Å². The molecule has 0 amide bonds. The first-order chi connectivity index (χ1) is 11.1. The molecule has 0 unspecified atom stereocenters. The third-order valence-electron chi connectivity index (χ3n) is 3.03. The average Bonchev–Trinajstić information content (AvgIpc) is 3.21. The summed E-state index contributed by atoms with van der Waals surface area (Å²) in [4.78, 5) is 25.4. The van der Waals surface area contributed by atoms with E-state index in [0.29, 0.717) is 5.39 Å². The fraction of sp³-hybridized carbons (Fsp3) is 0.385. The van der Waals surface area contributed by atoms with Gasteiger partial charge in [-0.05, 0) is 12.1 Å². The molecule has 0 spiro atoms. The quantitative estimate of drug-likeness (QED) is 0.564. The van der Waals surface area contributed by atoms with Gasteiger partial charge in [0, 0.05) is 34.5 Å². The monoisotopic (exact) mass is 430 g/mol. The maximum atomic E-state index is 13.7. The molecule has 2 aromatic rings. The molecule has 1 aliphatic carbocycles. The Morgan fingerprint density at radius 3 is 2.33 bits per heavy atom. The van der Waals surface area contributed by atoms with Crippen LogP contribution in [0.3, 0.4) is 0 Å². The number of benzene rings is 1. The molecule has 1 fully saturated rings. The molecule has 0 bridgehead atoms. The number of methoxy groups -OCH3 is 1. The van der Waals surface area contributed by atoms with Crippen molar-refractivity contribution < 1.29 is 32.1 Å². The molecule has 1 heterocycles. The molecular formula is C13H12BrF4N2O3P. The van der Waals surface area contributed by atoms with E-state index in [4.69, 9.17) is 14.5 Å². The lowest BCUT2D eigenvalue weighted by molar-refractivity contribution is 0.0726. The minimum Gasteiger partial charge on any atom is -0.467 e. The lowest BCUT2D eigenvalue weighted by Gasteiger charge is -2.19. The van der Waals surface area contributed by atoms with Gasteiger partial charge in [0.15, 0.2) is 0 Å². The Kier molecular flexibility index (Phi) is 5.64. The highest BCUT2D eigenvalue weighted by Gasteiger charge is 2.43. The number of hydrogen-bond donors (Lipinski definition) is 2. The predicted molar refractivity (Wildman–Crippen MR) is 83.2 cm³/mol. The molecule has 24 heavy (non-hydrogen) atoms. The van der Waals surface area contributed by atoms with Crippen molar-refractivity contribution >= 4 is 35.2 Å². The summed E-state index contributed by atoms with van der Waals surface area (Å²) in [6, 6.07) is 2.50. The van der Waals surface area contributed by atoms with Crippen LogP contribution in [0.4, 0.5) is 17.6 Å². The zero-order valence-electron chi connectivity index (χ0n) is 12.2. The Morgan fingerprint density at radius 2 is 1.88 bits per heavy atom. The number of rotatable bonds is 3. The second kappa shape index (κ2) is 7.03. The Morgan fingerprint density at radius 1 is 1.29 bits per heavy atom. The van der Waals surface area contributed by atoms with Crippen molar-refractivity contribution in [1.29, 1.82) is 0 Å². The average molecular weight is 431 g/mol. The molecule has 1 aliphatic rings. The first-order valence-electron chi connectivity index (χ1n) is 6.51. The molecule has 0 saturated heterocycles. The summed E-state index contributed by atoms with van der Waals surface area (Å²) in [6.07, 6.45) is 1.66. The van der Waals surface area contributed by atoms with E-state index in [1.165, 1.54) is 19.4 Å². The van der Waals surface area contributed by atoms with Crippen LogP contribution in [0.5, 0.6) is 6.01 Å². The minimum absolute atomic E-state index is 0.0411. The Hall–Kier alpha value is -1.09. The van der Waals surface area contributed by atoms with Crippen molar-refractivity contribution in [3.05, 3.63) is 28.4 Å². The lowest BCUT2D eigenvalue weighted by atomic mass is 10.1. The fourth-order valence-electron chi connectivity index (χ4n) is 1.57. The molecule has 0 aliphatic heterocycles. The van der Waals surface area contributed by atoms with Gasteiger partial charge >= 0.3 is 11.7 Å². The number of aromatic nitrogens is 2. The lowest BCUT2D eigenvalue weighted by Crippen LogP contribution is -2.11. The van der Waals surface area contributed by atoms with E-state index in [2.05, 4.69) is 25.9 Å². The van der Waals surface area contributed by atoms with Crippen LogP contribution in [-0.4, -0.2) is 32.8 Å². The molecule has 0 atom stereocenters. The highest BCUT2D eigenvalue weighted by atomic mass is 79.9. The standard InChI is InChI=1S/C10H8BrF2N2O3P.C3H4F2/c1-18-9-14-4-5-2-7(11)6(3-8(5)15-9)10(12,13)19(16)17;4-3(5)1-2-3/h2-4,16-17H,1H3;1-2H2. The summed E-state index contributed by atoms with van der Waals surface area (Å²) in [6.45, 7) is 0. The number of nitrogens with zero attached hydrogens (tertiary/aromatic N) is 2. The van der Waals surface area contributed by atoms with Crippen LogP contribution in [0.1, 0.15) is 18.4 Å². The highest BCUT2D eigenvalue weighted by Crippen LogP contribution is 2.54. The number of hydrogen-bond acceptors (Lipinski definition) is 5. The van der Waals surface area contributed by atoms with E-state index in [1.807, 2.05) is 0 Å². The van der Waals surface area contributed by atoms with Gasteiger partial charge in [-0.25, -0.2) is 13.8 Å². The molecule has 3 rings (SSSR count). The maximum absolute atomic E-state index is 13.7. The van der Waals surface area contributed by atoms with E-state index < -0.39 is 25.5 Å². The van der Waals surface area contributed by atoms with Gasteiger partial charge in [-0.15, -0.1) is 0 Å². The fourth-order valence-corrected chi connectivity index (χ4v) is 2.73. The molecule has 1 aromatic carbocycles. The van der Waals surface area contributed by atoms with E-state index in [1.54, 1.807) is 0 Å². The van der Waals surface area contributed by atoms with Crippen LogP contribution in [0, 0.1) is 0 Å². The van der Waals surface area contributed by atoms with Crippen LogP contribution < -0.4 is 4.74 Å². The zero-order chi connectivity index (χ0) is 18.1. The van der Waals surface area contributed by atoms with E-state index in [0.717, 1.165) is 6.07 Å². The van der Waals surface area contributed by atoms with E-state index in [-0.39, 0.29) is 28.8 Å². The van der Waals surface area contributed by atoms with Crippen molar-refractivity contribution in [3.8, 4) is 6.01 Å². The summed E-state index contributed by atoms with van der Waals surface area (Å²) >= 11 is 2.98. The van der Waals surface area contributed by atoms with Gasteiger partial charge in [-0.3, -0.25) is 0 Å². The van der Waals surface area contributed by atoms with Crippen LogP contribution >= 0.6 is 24.3 Å². The van der Waals surface area contributed by atoms with Gasteiger partial charge in [0.05, 0.1) is 12.6 Å². The molecular weight excluding hydrogens is 419 g/mol. The summed E-state index contributed by atoms with van der Waals surface area (Å²) in [5.41, 5.74) is -4.07. The molecule has 11 heteroatoms. The molecule has 132 valence electrons. The molecule has 1 saturated carbocycles. The number of halogens is 5. The van der Waals surface area contributed by atoms with Crippen LogP contribution in [0.25, 0.3) is 10.9 Å². The van der Waals surface area contributed by atoms with Gasteiger partial charge < -0.3 is 14.5 Å². The van der Waals surface area contributed by atoms with Gasteiger partial charge in [0.25, 0.3) is 0 Å². The van der Waals surface area contributed by atoms with Gasteiger partial charge in [0.2, 0.25) is 14.3 Å². The first kappa shape index (κ1) is 19.2. The van der Waals surface area contributed by atoms with Gasteiger partial charge in [-0.2, -0.15) is 13.8 Å². The van der Waals surface area contributed by atoms with Crippen LogP contribution in [0.15, 0.2) is 22.8 Å². The van der Waals surface area contributed by atoms with Gasteiger partial charge in [-0.1, -0.05) is 15.9 Å². The summed E-state index contributed by atoms with van der Waals surface area (Å²) in [5, 5.41) is 0.521. The second-order valence-electron chi connectivity index (χ2n) is 4.93. The Labute approximate surface area is 143 Å². The summed E-state index contributed by atoms with van der Waals surface area (Å²) in [5.74, 6) is -2.25. The van der Waals surface area contributed by atoms with Crippen molar-refractivity contribution in [2.45, 2.75) is 24.4 Å². The van der Waals surface area contributed by atoms with Crippen molar-refractivity contribution in [2.24, 2.45) is 0 Å². The molecule has 1 aromatic heterocycles. The first-order valence-corrected chi connectivity index (χ1v) is 8.55. The third kappa shape index (κ3) is 4.50. The number of alkyl halides is 4. The van der Waals surface area contributed by atoms with Crippen molar-refractivity contribution in [3.63, 3.8) is 0 Å². The number of ether oxygens (including phenoxy) is 1. The van der Waals surface area contributed by atoms with E-state index >= 15 is 0 Å². The van der Waals surface area contributed by atoms with Gasteiger partial charge in [0.1, 0.15) is 0 Å². The maximum Gasteiger partial charge on any atom is 0.340 e. The zero-order valence-corrected chi connectivity index (χ0v) is 14.7. The van der Waals surface area contributed by atoms with Crippen LogP contribution in [0.2, 0.25) is 0 Å². The van der Waals surface area contributed by atoms with E-state index in [9.17, 15) is 17.6 Å². The largest absolute Gasteiger partial charge is 0.467 e. The minimum atomic E-state index is -3.75.